The van der Waals surface area contributed by atoms with Crippen molar-refractivity contribution < 1.29 is 5.11 Å². The first-order chi connectivity index (χ1) is 7.34. The van der Waals surface area contributed by atoms with E-state index in [0.717, 1.165) is 19.4 Å². The summed E-state index contributed by atoms with van der Waals surface area (Å²) in [4.78, 5) is 6.23. The van der Waals surface area contributed by atoms with Gasteiger partial charge in [-0.3, -0.25) is 4.98 Å². The Hall–Kier alpha value is -1.09. The summed E-state index contributed by atoms with van der Waals surface area (Å²) in [6.45, 7) is 1.38. The summed E-state index contributed by atoms with van der Waals surface area (Å²) in [5, 5.41) is 8.64. The maximum absolute atomic E-state index is 8.64. The second-order valence-electron chi connectivity index (χ2n) is 3.76. The Balaban J connectivity index is 2.16. The molecule has 0 fully saturated rings. The van der Waals surface area contributed by atoms with Crippen LogP contribution in [0.3, 0.4) is 0 Å². The molecule has 0 saturated carbocycles. The van der Waals surface area contributed by atoms with Crippen LogP contribution in [0.1, 0.15) is 25.7 Å². The fourth-order valence-electron chi connectivity index (χ4n) is 1.54. The third-order valence-corrected chi connectivity index (χ3v) is 2.51. The lowest BCUT2D eigenvalue weighted by Crippen LogP contribution is -2.18. The average Bonchev–Trinajstić information content (AvgIpc) is 2.30. The first kappa shape index (κ1) is 12.0. The number of aliphatic hydroxyl groups is 1. The fraction of sp³-hybridized carbons (Fsp3) is 0.583. The lowest BCUT2D eigenvalue weighted by molar-refractivity contribution is 0.282. The smallest absolute Gasteiger partial charge is 0.0431 e. The summed E-state index contributed by atoms with van der Waals surface area (Å²) >= 11 is 0. The van der Waals surface area contributed by atoms with E-state index >= 15 is 0 Å². The fourth-order valence-corrected chi connectivity index (χ4v) is 1.54. The highest BCUT2D eigenvalue weighted by Crippen LogP contribution is 2.11. The minimum absolute atomic E-state index is 0.320. The quantitative estimate of drug-likeness (QED) is 0.697. The Morgan fingerprint density at radius 2 is 1.80 bits per heavy atom. The Bertz CT molecular complexity index is 251. The highest BCUT2D eigenvalue weighted by Gasteiger charge is 1.98. The van der Waals surface area contributed by atoms with Gasteiger partial charge < -0.3 is 10.0 Å². The first-order valence-electron chi connectivity index (χ1n) is 5.56. The SMILES string of the molecule is CN(CCCCCCO)c1ccncc1. The number of aromatic nitrogens is 1. The minimum Gasteiger partial charge on any atom is -0.396 e. The van der Waals surface area contributed by atoms with Crippen LogP contribution >= 0.6 is 0 Å². The van der Waals surface area contributed by atoms with Crippen LogP contribution in [0.4, 0.5) is 5.69 Å². The van der Waals surface area contributed by atoms with Crippen molar-refractivity contribution in [2.45, 2.75) is 25.7 Å². The third-order valence-electron chi connectivity index (χ3n) is 2.51. The zero-order valence-electron chi connectivity index (χ0n) is 9.39. The summed E-state index contributed by atoms with van der Waals surface area (Å²) < 4.78 is 0. The zero-order chi connectivity index (χ0) is 10.9. The van der Waals surface area contributed by atoms with E-state index < -0.39 is 0 Å². The summed E-state index contributed by atoms with van der Waals surface area (Å²) in [5.41, 5.74) is 1.21. The average molecular weight is 208 g/mol. The molecular weight excluding hydrogens is 188 g/mol. The van der Waals surface area contributed by atoms with Gasteiger partial charge in [-0.1, -0.05) is 12.8 Å². The van der Waals surface area contributed by atoms with Gasteiger partial charge in [-0.25, -0.2) is 0 Å². The van der Waals surface area contributed by atoms with Gasteiger partial charge in [-0.15, -0.1) is 0 Å². The molecule has 15 heavy (non-hydrogen) atoms. The molecular formula is C12H20N2O. The molecule has 0 amide bonds. The van der Waals surface area contributed by atoms with Crippen LogP contribution in [-0.4, -0.2) is 30.3 Å². The summed E-state index contributed by atoms with van der Waals surface area (Å²) in [6, 6.07) is 4.04. The van der Waals surface area contributed by atoms with Crippen LogP contribution in [0.5, 0.6) is 0 Å². The molecule has 0 aromatic carbocycles. The van der Waals surface area contributed by atoms with Crippen molar-refractivity contribution in [3.8, 4) is 0 Å². The largest absolute Gasteiger partial charge is 0.396 e. The van der Waals surface area contributed by atoms with Crippen LogP contribution in [-0.2, 0) is 0 Å². The van der Waals surface area contributed by atoms with E-state index in [1.54, 1.807) is 0 Å². The van der Waals surface area contributed by atoms with Crippen molar-refractivity contribution in [3.63, 3.8) is 0 Å². The number of unbranched alkanes of at least 4 members (excludes halogenated alkanes) is 3. The van der Waals surface area contributed by atoms with Crippen LogP contribution < -0.4 is 4.90 Å². The predicted molar refractivity (Wildman–Crippen MR) is 63.1 cm³/mol. The summed E-state index contributed by atoms with van der Waals surface area (Å²) in [7, 11) is 2.10. The van der Waals surface area contributed by atoms with E-state index in [0.29, 0.717) is 6.61 Å². The molecule has 84 valence electrons. The van der Waals surface area contributed by atoms with Crippen molar-refractivity contribution in [1.82, 2.24) is 4.98 Å². The lowest BCUT2D eigenvalue weighted by Gasteiger charge is -2.18. The number of rotatable bonds is 7. The van der Waals surface area contributed by atoms with E-state index in [1.807, 2.05) is 24.5 Å². The molecule has 1 aromatic rings. The molecule has 0 atom stereocenters. The number of nitrogens with zero attached hydrogens (tertiary/aromatic N) is 2. The monoisotopic (exact) mass is 208 g/mol. The Morgan fingerprint density at radius 1 is 1.13 bits per heavy atom. The highest BCUT2D eigenvalue weighted by molar-refractivity contribution is 5.43. The van der Waals surface area contributed by atoms with Gasteiger partial charge in [-0.05, 0) is 25.0 Å². The minimum atomic E-state index is 0.320. The number of anilines is 1. The van der Waals surface area contributed by atoms with Gasteiger partial charge in [0, 0.05) is 38.3 Å². The zero-order valence-corrected chi connectivity index (χ0v) is 9.39. The van der Waals surface area contributed by atoms with Gasteiger partial charge in [-0.2, -0.15) is 0 Å². The second kappa shape index (κ2) is 7.23. The maximum atomic E-state index is 8.64. The van der Waals surface area contributed by atoms with E-state index in [1.165, 1.54) is 18.5 Å². The molecule has 0 aliphatic heterocycles. The number of hydrogen-bond acceptors (Lipinski definition) is 3. The molecule has 1 N–H and O–H groups in total. The van der Waals surface area contributed by atoms with Gasteiger partial charge in [0.2, 0.25) is 0 Å². The number of hydrogen-bond donors (Lipinski definition) is 1. The van der Waals surface area contributed by atoms with E-state index in [-0.39, 0.29) is 0 Å². The number of pyridine rings is 1. The molecule has 0 bridgehead atoms. The molecule has 0 spiro atoms. The third kappa shape index (κ3) is 4.79. The number of aliphatic hydroxyl groups excluding tert-OH is 1. The topological polar surface area (TPSA) is 36.4 Å². The van der Waals surface area contributed by atoms with Gasteiger partial charge in [0.1, 0.15) is 0 Å². The van der Waals surface area contributed by atoms with Crippen LogP contribution in [0.2, 0.25) is 0 Å². The van der Waals surface area contributed by atoms with Crippen molar-refractivity contribution >= 4 is 5.69 Å². The van der Waals surface area contributed by atoms with Crippen molar-refractivity contribution in [1.29, 1.82) is 0 Å². The van der Waals surface area contributed by atoms with Crippen molar-refractivity contribution in [2.24, 2.45) is 0 Å². The Labute approximate surface area is 91.8 Å². The summed E-state index contributed by atoms with van der Waals surface area (Å²) in [5.74, 6) is 0. The lowest BCUT2D eigenvalue weighted by atomic mass is 10.2. The van der Waals surface area contributed by atoms with Crippen LogP contribution in [0.15, 0.2) is 24.5 Å². The molecule has 1 heterocycles. The predicted octanol–water partition coefficient (Wildman–Crippen LogP) is 2.07. The molecule has 0 unspecified atom stereocenters. The standard InChI is InChI=1S/C12H20N2O/c1-14(10-4-2-3-5-11-15)12-6-8-13-9-7-12/h6-9,15H,2-5,10-11H2,1H3. The van der Waals surface area contributed by atoms with Crippen molar-refractivity contribution in [3.05, 3.63) is 24.5 Å². The second-order valence-corrected chi connectivity index (χ2v) is 3.76. The van der Waals surface area contributed by atoms with Crippen LogP contribution in [0, 0.1) is 0 Å². The van der Waals surface area contributed by atoms with E-state index in [9.17, 15) is 0 Å². The molecule has 0 aliphatic carbocycles. The molecule has 0 radical (unpaired) electrons. The van der Waals surface area contributed by atoms with Crippen molar-refractivity contribution in [2.75, 3.05) is 25.1 Å². The van der Waals surface area contributed by atoms with Crippen LogP contribution in [0.25, 0.3) is 0 Å². The molecule has 1 aromatic heterocycles. The normalized spacial score (nSPS) is 10.3. The molecule has 1 rings (SSSR count). The van der Waals surface area contributed by atoms with Gasteiger partial charge >= 0.3 is 0 Å². The van der Waals surface area contributed by atoms with E-state index in [2.05, 4.69) is 16.9 Å². The highest BCUT2D eigenvalue weighted by atomic mass is 16.2. The van der Waals surface area contributed by atoms with Gasteiger partial charge in [0.05, 0.1) is 0 Å². The van der Waals surface area contributed by atoms with Gasteiger partial charge in [0.15, 0.2) is 0 Å². The first-order valence-corrected chi connectivity index (χ1v) is 5.56. The summed E-state index contributed by atoms with van der Waals surface area (Å²) in [6.07, 6.45) is 8.06. The molecule has 3 heteroatoms. The Kier molecular flexibility index (Phi) is 5.78. The molecule has 0 saturated heterocycles. The Morgan fingerprint density at radius 3 is 2.47 bits per heavy atom. The molecule has 0 aliphatic rings. The molecule has 3 nitrogen and oxygen atoms in total. The maximum Gasteiger partial charge on any atom is 0.0431 e. The van der Waals surface area contributed by atoms with E-state index in [4.69, 9.17) is 5.11 Å². The van der Waals surface area contributed by atoms with Gasteiger partial charge in [0.25, 0.3) is 0 Å².